The molecular weight excluding hydrogens is 621 g/mol. The monoisotopic (exact) mass is 652 g/mol. The molecule has 0 spiro atoms. The number of para-hydroxylation sites is 1. The number of rotatable bonds is 5. The molecule has 3 nitrogen and oxygen atoms in total. The molecule has 0 bridgehead atoms. The van der Waals surface area contributed by atoms with Crippen molar-refractivity contribution in [1.82, 2.24) is 9.97 Å². The molecule has 0 unspecified atom stereocenters. The second-order valence-electron chi connectivity index (χ2n) is 13.5. The number of benzene rings is 7. The van der Waals surface area contributed by atoms with Gasteiger partial charge in [-0.2, -0.15) is 0 Å². The molecule has 3 heteroatoms. The van der Waals surface area contributed by atoms with Crippen molar-refractivity contribution >= 4 is 21.9 Å². The third-order valence-corrected chi connectivity index (χ3v) is 10.6. The highest BCUT2D eigenvalue weighted by Crippen LogP contribution is 2.52. The molecule has 1 aliphatic rings. The lowest BCUT2D eigenvalue weighted by Gasteiger charge is -2.28. The number of hydrogen-bond donors (Lipinski definition) is 0. The van der Waals surface area contributed by atoms with Gasteiger partial charge >= 0.3 is 0 Å². The zero-order valence-electron chi connectivity index (χ0n) is 28.0. The fraction of sp³-hybridized carbons (Fsp3) is 0.0417. The van der Waals surface area contributed by atoms with E-state index < -0.39 is 0 Å². The minimum absolute atomic E-state index is 0.237. The molecule has 0 saturated carbocycles. The molecule has 0 radical (unpaired) electrons. The van der Waals surface area contributed by atoms with Crippen molar-refractivity contribution in [1.29, 1.82) is 0 Å². The van der Waals surface area contributed by atoms with E-state index in [1.54, 1.807) is 0 Å². The maximum atomic E-state index is 6.14. The molecule has 240 valence electrons. The summed E-state index contributed by atoms with van der Waals surface area (Å²) >= 11 is 0. The SMILES string of the molecule is CC1(c2ccc(-c3ccccc3-c3cc(-c4ccc5oc6ccccc6c5c4)nc(-c4ccccc4)n3)cc2)c2ccccc2-c2ccccc21. The van der Waals surface area contributed by atoms with E-state index in [2.05, 4.69) is 146 Å². The van der Waals surface area contributed by atoms with Gasteiger partial charge in [0.15, 0.2) is 5.82 Å². The average Bonchev–Trinajstić information content (AvgIpc) is 3.71. The minimum atomic E-state index is -0.237. The molecule has 0 atom stereocenters. The average molecular weight is 653 g/mol. The number of furan rings is 1. The van der Waals surface area contributed by atoms with E-state index in [1.165, 1.54) is 27.8 Å². The summed E-state index contributed by atoms with van der Waals surface area (Å²) in [6.45, 7) is 2.36. The fourth-order valence-electron chi connectivity index (χ4n) is 8.04. The molecule has 0 aliphatic heterocycles. The normalized spacial score (nSPS) is 13.0. The molecule has 0 saturated heterocycles. The molecule has 9 aromatic rings. The van der Waals surface area contributed by atoms with Gasteiger partial charge in [-0.1, -0.05) is 146 Å². The van der Waals surface area contributed by atoms with Crippen molar-refractivity contribution in [2.45, 2.75) is 12.3 Å². The van der Waals surface area contributed by atoms with Gasteiger partial charge in [-0.05, 0) is 76.2 Å². The minimum Gasteiger partial charge on any atom is -0.456 e. The van der Waals surface area contributed by atoms with E-state index in [9.17, 15) is 0 Å². The zero-order valence-corrected chi connectivity index (χ0v) is 28.0. The van der Waals surface area contributed by atoms with Crippen LogP contribution in [0.3, 0.4) is 0 Å². The summed E-state index contributed by atoms with van der Waals surface area (Å²) in [5.74, 6) is 0.692. The highest BCUT2D eigenvalue weighted by molar-refractivity contribution is 6.06. The van der Waals surface area contributed by atoms with Crippen LogP contribution in [0, 0.1) is 0 Å². The van der Waals surface area contributed by atoms with Gasteiger partial charge in [0.2, 0.25) is 0 Å². The third-order valence-electron chi connectivity index (χ3n) is 10.6. The van der Waals surface area contributed by atoms with E-state index in [1.807, 2.05) is 36.4 Å². The van der Waals surface area contributed by atoms with Gasteiger partial charge in [-0.15, -0.1) is 0 Å². The van der Waals surface area contributed by atoms with E-state index in [4.69, 9.17) is 14.4 Å². The van der Waals surface area contributed by atoms with E-state index >= 15 is 0 Å². The third kappa shape index (κ3) is 4.66. The smallest absolute Gasteiger partial charge is 0.160 e. The van der Waals surface area contributed by atoms with Crippen LogP contribution in [0.4, 0.5) is 0 Å². The van der Waals surface area contributed by atoms with E-state index in [0.717, 1.165) is 61.1 Å². The van der Waals surface area contributed by atoms with Crippen molar-refractivity contribution in [3.8, 4) is 56.2 Å². The Hall–Kier alpha value is -6.58. The summed E-state index contributed by atoms with van der Waals surface area (Å²) < 4.78 is 6.14. The highest BCUT2D eigenvalue weighted by atomic mass is 16.3. The summed E-state index contributed by atoms with van der Waals surface area (Å²) in [7, 11) is 0. The maximum Gasteiger partial charge on any atom is 0.160 e. The number of nitrogens with zero attached hydrogens (tertiary/aromatic N) is 2. The molecule has 51 heavy (non-hydrogen) atoms. The first-order chi connectivity index (χ1) is 25.1. The second-order valence-corrected chi connectivity index (χ2v) is 13.5. The van der Waals surface area contributed by atoms with Crippen LogP contribution in [0.2, 0.25) is 0 Å². The van der Waals surface area contributed by atoms with Gasteiger partial charge in [-0.25, -0.2) is 9.97 Å². The maximum absolute atomic E-state index is 6.14. The standard InChI is InChI=1S/C48H32N2O/c1-48(41-20-10-7-16-36(41)37-17-8-11-21-42(37)48)34-26-23-31(24-27-34)35-15-5-6-18-38(35)44-30-43(49-47(50-44)32-13-3-2-4-14-32)33-25-28-46-40(29-33)39-19-9-12-22-45(39)51-46/h2-30H,1H3. The Bertz CT molecular complexity index is 2710. The Balaban J connectivity index is 1.10. The lowest BCUT2D eigenvalue weighted by Crippen LogP contribution is -2.22. The predicted molar refractivity (Wildman–Crippen MR) is 208 cm³/mol. The van der Waals surface area contributed by atoms with Crippen molar-refractivity contribution in [2.75, 3.05) is 0 Å². The van der Waals surface area contributed by atoms with E-state index in [-0.39, 0.29) is 5.41 Å². The molecule has 0 N–H and O–H groups in total. The van der Waals surface area contributed by atoms with Gasteiger partial charge in [0.1, 0.15) is 11.2 Å². The van der Waals surface area contributed by atoms with Crippen LogP contribution in [0.25, 0.3) is 78.1 Å². The Morgan fingerprint density at radius 3 is 1.73 bits per heavy atom. The van der Waals surface area contributed by atoms with Crippen LogP contribution in [-0.2, 0) is 5.41 Å². The van der Waals surface area contributed by atoms with Gasteiger partial charge in [0.05, 0.1) is 11.4 Å². The highest BCUT2D eigenvalue weighted by Gasteiger charge is 2.40. The summed E-state index contributed by atoms with van der Waals surface area (Å²) in [6.07, 6.45) is 0. The Labute approximate surface area is 296 Å². The first-order valence-electron chi connectivity index (χ1n) is 17.4. The molecule has 2 aromatic heterocycles. The quantitative estimate of drug-likeness (QED) is 0.186. The van der Waals surface area contributed by atoms with Crippen LogP contribution in [0.1, 0.15) is 23.6 Å². The number of fused-ring (bicyclic) bond motifs is 6. The van der Waals surface area contributed by atoms with Gasteiger partial charge in [-0.3, -0.25) is 0 Å². The molecule has 0 amide bonds. The Morgan fingerprint density at radius 2 is 0.980 bits per heavy atom. The van der Waals surface area contributed by atoms with Crippen LogP contribution in [-0.4, -0.2) is 9.97 Å². The summed E-state index contributed by atoms with van der Waals surface area (Å²) in [4.78, 5) is 10.3. The van der Waals surface area contributed by atoms with Crippen LogP contribution in [0.15, 0.2) is 180 Å². The van der Waals surface area contributed by atoms with Gasteiger partial charge < -0.3 is 4.42 Å². The lowest BCUT2D eigenvalue weighted by atomic mass is 9.74. The molecule has 10 rings (SSSR count). The topological polar surface area (TPSA) is 38.9 Å². The van der Waals surface area contributed by atoms with Crippen LogP contribution >= 0.6 is 0 Å². The van der Waals surface area contributed by atoms with Crippen LogP contribution < -0.4 is 0 Å². The number of aromatic nitrogens is 2. The largest absolute Gasteiger partial charge is 0.456 e. The molecule has 0 fully saturated rings. The molecule has 1 aliphatic carbocycles. The molecule has 2 heterocycles. The first kappa shape index (κ1) is 29.3. The zero-order chi connectivity index (χ0) is 33.9. The summed E-state index contributed by atoms with van der Waals surface area (Å²) in [5.41, 5.74) is 15.2. The predicted octanol–water partition coefficient (Wildman–Crippen LogP) is 12.4. The van der Waals surface area contributed by atoms with Gasteiger partial charge in [0, 0.05) is 32.9 Å². The Kier molecular flexibility index (Phi) is 6.62. The van der Waals surface area contributed by atoms with Crippen molar-refractivity contribution < 1.29 is 4.42 Å². The van der Waals surface area contributed by atoms with Gasteiger partial charge in [0.25, 0.3) is 0 Å². The van der Waals surface area contributed by atoms with Crippen LogP contribution in [0.5, 0.6) is 0 Å². The summed E-state index contributed by atoms with van der Waals surface area (Å²) in [5, 5.41) is 2.17. The molecule has 7 aromatic carbocycles. The first-order valence-corrected chi connectivity index (χ1v) is 17.4. The van der Waals surface area contributed by atoms with Crippen molar-refractivity contribution in [2.24, 2.45) is 0 Å². The van der Waals surface area contributed by atoms with Crippen molar-refractivity contribution in [3.63, 3.8) is 0 Å². The molecular formula is C48H32N2O. The summed E-state index contributed by atoms with van der Waals surface area (Å²) in [6, 6.07) is 62.2. The lowest BCUT2D eigenvalue weighted by molar-refractivity contribution is 0.669. The number of hydrogen-bond acceptors (Lipinski definition) is 3. The second kappa shape index (κ2) is 11.5. The Morgan fingerprint density at radius 1 is 0.412 bits per heavy atom. The van der Waals surface area contributed by atoms with Crippen molar-refractivity contribution in [3.05, 3.63) is 193 Å². The van der Waals surface area contributed by atoms with E-state index in [0.29, 0.717) is 5.82 Å². The fourth-order valence-corrected chi connectivity index (χ4v) is 8.04.